The molecule has 13 heavy (non-hydrogen) atoms. The molecule has 0 saturated heterocycles. The highest BCUT2D eigenvalue weighted by atomic mass is 19.1. The van der Waals surface area contributed by atoms with Crippen molar-refractivity contribution >= 4 is 0 Å². The summed E-state index contributed by atoms with van der Waals surface area (Å²) in [6.45, 7) is 3.94. The molecule has 0 aromatic carbocycles. The third kappa shape index (κ3) is 11.9. The summed E-state index contributed by atoms with van der Waals surface area (Å²) < 4.78 is 11.7. The molecule has 80 valence electrons. The smallest absolute Gasteiger partial charge is 0.0906 e. The molecule has 0 aliphatic rings. The Bertz CT molecular complexity index is 76.2. The predicted molar refractivity (Wildman–Crippen MR) is 56.8 cm³/mol. The van der Waals surface area contributed by atoms with Gasteiger partial charge in [-0.05, 0) is 25.9 Å². The van der Waals surface area contributed by atoms with Crippen molar-refractivity contribution in [3.63, 3.8) is 0 Å². The number of nitrogens with one attached hydrogen (secondary N) is 1. The highest BCUT2D eigenvalue weighted by Crippen LogP contribution is 2.03. The molecule has 0 spiro atoms. The van der Waals surface area contributed by atoms with Gasteiger partial charge in [0.15, 0.2) is 0 Å². The van der Waals surface area contributed by atoms with E-state index in [2.05, 4.69) is 12.2 Å². The Hall–Kier alpha value is -0.110. The van der Waals surface area contributed by atoms with E-state index in [-0.39, 0.29) is 6.67 Å². The lowest BCUT2D eigenvalue weighted by Crippen LogP contribution is -2.16. The monoisotopic (exact) mass is 189 g/mol. The molecule has 0 heterocycles. The zero-order chi connectivity index (χ0) is 9.78. The normalized spacial score (nSPS) is 10.6. The number of alkyl halides is 1. The van der Waals surface area contributed by atoms with Crippen molar-refractivity contribution in [1.82, 2.24) is 5.32 Å². The summed E-state index contributed by atoms with van der Waals surface area (Å²) in [5.74, 6) is 0. The predicted octanol–water partition coefficient (Wildman–Crippen LogP) is 3.30. The summed E-state index contributed by atoms with van der Waals surface area (Å²) in [5.41, 5.74) is 0. The molecule has 0 aliphatic heterocycles. The summed E-state index contributed by atoms with van der Waals surface area (Å²) in [4.78, 5) is 0. The maximum atomic E-state index is 11.7. The Labute approximate surface area is 82.1 Å². The molecule has 1 N–H and O–H groups in total. The summed E-state index contributed by atoms with van der Waals surface area (Å²) in [5, 5.41) is 3.24. The van der Waals surface area contributed by atoms with Gasteiger partial charge < -0.3 is 5.32 Å². The van der Waals surface area contributed by atoms with Gasteiger partial charge in [-0.15, -0.1) is 0 Å². The van der Waals surface area contributed by atoms with Crippen LogP contribution in [0.3, 0.4) is 0 Å². The third-order valence-electron chi connectivity index (χ3n) is 2.19. The van der Waals surface area contributed by atoms with Crippen LogP contribution >= 0.6 is 0 Å². The second-order valence-electron chi connectivity index (χ2n) is 3.56. The van der Waals surface area contributed by atoms with E-state index in [1.807, 2.05) is 0 Å². The van der Waals surface area contributed by atoms with Gasteiger partial charge in [0.05, 0.1) is 6.67 Å². The van der Waals surface area contributed by atoms with Crippen molar-refractivity contribution in [3.8, 4) is 0 Å². The molecule has 2 heteroatoms. The van der Waals surface area contributed by atoms with Crippen LogP contribution in [0.25, 0.3) is 0 Å². The summed E-state index contributed by atoms with van der Waals surface area (Å²) in [6, 6.07) is 0. The van der Waals surface area contributed by atoms with Crippen molar-refractivity contribution < 1.29 is 4.39 Å². The van der Waals surface area contributed by atoms with Crippen LogP contribution in [0.4, 0.5) is 4.39 Å². The fourth-order valence-corrected chi connectivity index (χ4v) is 1.35. The van der Waals surface area contributed by atoms with Crippen LogP contribution in [0.15, 0.2) is 0 Å². The molecule has 0 aromatic rings. The van der Waals surface area contributed by atoms with E-state index in [1.54, 1.807) is 0 Å². The van der Waals surface area contributed by atoms with Crippen LogP contribution in [-0.2, 0) is 0 Å². The molecule has 1 nitrogen and oxygen atoms in total. The maximum absolute atomic E-state index is 11.7. The van der Waals surface area contributed by atoms with Gasteiger partial charge in [-0.2, -0.15) is 0 Å². The minimum atomic E-state index is -0.191. The number of unbranched alkanes of at least 4 members (excludes halogenated alkanes) is 5. The van der Waals surface area contributed by atoms with Crippen molar-refractivity contribution in [2.45, 2.75) is 51.9 Å². The SMILES string of the molecule is CCCCCCCCNCCCF. The highest BCUT2D eigenvalue weighted by molar-refractivity contribution is 4.49. The van der Waals surface area contributed by atoms with Crippen LogP contribution < -0.4 is 5.32 Å². The Morgan fingerprint density at radius 2 is 1.46 bits per heavy atom. The van der Waals surface area contributed by atoms with E-state index in [1.165, 1.54) is 38.5 Å². The fourth-order valence-electron chi connectivity index (χ4n) is 1.35. The Kier molecular flexibility index (Phi) is 11.8. The van der Waals surface area contributed by atoms with Crippen LogP contribution in [0.1, 0.15) is 51.9 Å². The lowest BCUT2D eigenvalue weighted by molar-refractivity contribution is 0.456. The third-order valence-corrected chi connectivity index (χ3v) is 2.19. The Balaban J connectivity index is 2.76. The van der Waals surface area contributed by atoms with E-state index in [0.29, 0.717) is 6.42 Å². The zero-order valence-electron chi connectivity index (χ0n) is 8.95. The van der Waals surface area contributed by atoms with Gasteiger partial charge in [0.25, 0.3) is 0 Å². The molecule has 0 bridgehead atoms. The molecule has 0 aromatic heterocycles. The van der Waals surface area contributed by atoms with Gasteiger partial charge in [0.1, 0.15) is 0 Å². The highest BCUT2D eigenvalue weighted by Gasteiger charge is 1.90. The fraction of sp³-hybridized carbons (Fsp3) is 1.00. The molecule has 0 atom stereocenters. The first-order valence-electron chi connectivity index (χ1n) is 5.68. The zero-order valence-corrected chi connectivity index (χ0v) is 8.95. The first-order valence-corrected chi connectivity index (χ1v) is 5.68. The average molecular weight is 189 g/mol. The van der Waals surface area contributed by atoms with Crippen LogP contribution in [0, 0.1) is 0 Å². The summed E-state index contributed by atoms with van der Waals surface area (Å²) in [6.07, 6.45) is 8.65. The molecule has 0 aliphatic carbocycles. The molecule has 0 unspecified atom stereocenters. The molecule has 0 radical (unpaired) electrons. The van der Waals surface area contributed by atoms with E-state index in [4.69, 9.17) is 0 Å². The lowest BCUT2D eigenvalue weighted by Gasteiger charge is -2.02. The van der Waals surface area contributed by atoms with Crippen LogP contribution in [-0.4, -0.2) is 19.8 Å². The molecule has 0 amide bonds. The molecular formula is C11H24FN. The van der Waals surface area contributed by atoms with Gasteiger partial charge in [0, 0.05) is 0 Å². The number of hydrogen-bond donors (Lipinski definition) is 1. The second-order valence-corrected chi connectivity index (χ2v) is 3.56. The summed E-state index contributed by atoms with van der Waals surface area (Å²) >= 11 is 0. The maximum Gasteiger partial charge on any atom is 0.0906 e. The topological polar surface area (TPSA) is 12.0 Å². The van der Waals surface area contributed by atoms with Gasteiger partial charge >= 0.3 is 0 Å². The average Bonchev–Trinajstić information content (AvgIpc) is 2.16. The second kappa shape index (κ2) is 11.9. The van der Waals surface area contributed by atoms with E-state index in [0.717, 1.165) is 13.1 Å². The van der Waals surface area contributed by atoms with Crippen LogP contribution in [0.2, 0.25) is 0 Å². The van der Waals surface area contributed by atoms with Gasteiger partial charge in [-0.3, -0.25) is 4.39 Å². The van der Waals surface area contributed by atoms with E-state index < -0.39 is 0 Å². The Morgan fingerprint density at radius 1 is 0.846 bits per heavy atom. The van der Waals surface area contributed by atoms with E-state index >= 15 is 0 Å². The van der Waals surface area contributed by atoms with Crippen molar-refractivity contribution in [1.29, 1.82) is 0 Å². The number of rotatable bonds is 10. The minimum absolute atomic E-state index is 0.191. The van der Waals surface area contributed by atoms with Crippen molar-refractivity contribution in [3.05, 3.63) is 0 Å². The first kappa shape index (κ1) is 12.9. The lowest BCUT2D eigenvalue weighted by atomic mass is 10.1. The standard InChI is InChI=1S/C11H24FN/c1-2-3-4-5-6-7-10-13-11-8-9-12/h13H,2-11H2,1H3. The molecular weight excluding hydrogens is 165 g/mol. The molecule has 0 fully saturated rings. The Morgan fingerprint density at radius 3 is 2.15 bits per heavy atom. The quantitative estimate of drug-likeness (QED) is 0.520. The number of halogens is 1. The van der Waals surface area contributed by atoms with Crippen molar-refractivity contribution in [2.24, 2.45) is 0 Å². The minimum Gasteiger partial charge on any atom is -0.317 e. The van der Waals surface area contributed by atoms with Gasteiger partial charge in [0.2, 0.25) is 0 Å². The van der Waals surface area contributed by atoms with E-state index in [9.17, 15) is 4.39 Å². The first-order chi connectivity index (χ1) is 6.41. The van der Waals surface area contributed by atoms with Gasteiger partial charge in [-0.1, -0.05) is 39.0 Å². The number of hydrogen-bond acceptors (Lipinski definition) is 1. The molecule has 0 rings (SSSR count). The van der Waals surface area contributed by atoms with Crippen LogP contribution in [0.5, 0.6) is 0 Å². The largest absolute Gasteiger partial charge is 0.317 e. The van der Waals surface area contributed by atoms with Gasteiger partial charge in [-0.25, -0.2) is 0 Å². The van der Waals surface area contributed by atoms with Crippen molar-refractivity contribution in [2.75, 3.05) is 19.8 Å². The summed E-state index contributed by atoms with van der Waals surface area (Å²) in [7, 11) is 0. The molecule has 0 saturated carbocycles.